The number of fused-ring (bicyclic) bond motifs is 1. The van der Waals surface area contributed by atoms with E-state index in [1.54, 1.807) is 12.1 Å². The Hall–Kier alpha value is -3.38. The number of benzene rings is 2. The maximum atomic E-state index is 13.2. The van der Waals surface area contributed by atoms with Crippen LogP contribution >= 0.6 is 11.6 Å². The van der Waals surface area contributed by atoms with Gasteiger partial charge in [-0.2, -0.15) is 13.2 Å². The molecule has 204 valence electrons. The standard InChI is InChI=1S/C25H25ClF3N3O6/c26-15-1-10-23-14(11-15)12-19(37-23)7-9-22(33)24(34)31-38-18-5-2-16(3-6-18)30-17-4-8-21(32(35)36)20(13-17)25(27,28)29/h1,4,8,10-11,13,16,18-19,30H,2-3,5-7,9,12H2,(H,31,34). The first kappa shape index (κ1) is 27.6. The van der Waals surface area contributed by atoms with Crippen LogP contribution in [0, 0.1) is 10.1 Å². The highest BCUT2D eigenvalue weighted by Crippen LogP contribution is 2.38. The molecule has 0 spiro atoms. The molecule has 1 aliphatic heterocycles. The van der Waals surface area contributed by atoms with Gasteiger partial charge in [0.05, 0.1) is 11.0 Å². The molecule has 1 atom stereocenters. The Labute approximate surface area is 220 Å². The van der Waals surface area contributed by atoms with E-state index in [0.717, 1.165) is 23.4 Å². The molecule has 2 aromatic carbocycles. The van der Waals surface area contributed by atoms with Gasteiger partial charge in [-0.25, -0.2) is 5.48 Å². The molecule has 1 unspecified atom stereocenters. The molecule has 0 aromatic heterocycles. The lowest BCUT2D eigenvalue weighted by Gasteiger charge is -2.29. The minimum absolute atomic E-state index is 0.00655. The van der Waals surface area contributed by atoms with Crippen LogP contribution in [0.15, 0.2) is 36.4 Å². The Morgan fingerprint density at radius 1 is 1.13 bits per heavy atom. The number of alkyl halides is 3. The Bertz CT molecular complexity index is 1220. The van der Waals surface area contributed by atoms with E-state index in [4.69, 9.17) is 21.2 Å². The lowest BCUT2D eigenvalue weighted by atomic mass is 9.93. The number of nitro benzene ring substituents is 1. The van der Waals surface area contributed by atoms with Gasteiger partial charge in [-0.1, -0.05) is 11.6 Å². The van der Waals surface area contributed by atoms with E-state index in [1.165, 1.54) is 6.07 Å². The second-order valence-corrected chi connectivity index (χ2v) is 9.75. The van der Waals surface area contributed by atoms with Crippen molar-refractivity contribution in [3.05, 3.63) is 62.7 Å². The molecule has 13 heteroatoms. The predicted molar refractivity (Wildman–Crippen MR) is 131 cm³/mol. The monoisotopic (exact) mass is 555 g/mol. The van der Waals surface area contributed by atoms with Crippen molar-refractivity contribution in [2.75, 3.05) is 5.32 Å². The van der Waals surface area contributed by atoms with Crippen molar-refractivity contribution < 1.29 is 37.3 Å². The summed E-state index contributed by atoms with van der Waals surface area (Å²) in [5, 5.41) is 14.5. The quantitative estimate of drug-likeness (QED) is 0.242. The van der Waals surface area contributed by atoms with Crippen LogP contribution < -0.4 is 15.5 Å². The fourth-order valence-corrected chi connectivity index (χ4v) is 4.82. The first-order chi connectivity index (χ1) is 18.0. The van der Waals surface area contributed by atoms with Gasteiger partial charge in [-0.15, -0.1) is 0 Å². The highest BCUT2D eigenvalue weighted by molar-refractivity contribution is 6.35. The van der Waals surface area contributed by atoms with E-state index < -0.39 is 34.0 Å². The summed E-state index contributed by atoms with van der Waals surface area (Å²) in [5.41, 5.74) is 0.972. The first-order valence-electron chi connectivity index (χ1n) is 12.1. The van der Waals surface area contributed by atoms with Crippen molar-refractivity contribution in [1.82, 2.24) is 5.48 Å². The summed E-state index contributed by atoms with van der Waals surface area (Å²) in [6, 6.07) is 7.94. The number of hydroxylamine groups is 1. The molecule has 1 heterocycles. The molecule has 4 rings (SSSR count). The molecule has 1 saturated carbocycles. The molecule has 9 nitrogen and oxygen atoms in total. The van der Waals surface area contributed by atoms with Crippen LogP contribution in [0.5, 0.6) is 5.75 Å². The average Bonchev–Trinajstić information content (AvgIpc) is 3.28. The maximum Gasteiger partial charge on any atom is 0.423 e. The summed E-state index contributed by atoms with van der Waals surface area (Å²) in [6.07, 6.45) is -2.43. The fraction of sp³-hybridized carbons (Fsp3) is 0.440. The van der Waals surface area contributed by atoms with Crippen LogP contribution in [-0.2, 0) is 27.0 Å². The molecule has 2 aromatic rings. The summed E-state index contributed by atoms with van der Waals surface area (Å²) in [5.74, 6) is -0.759. The Morgan fingerprint density at radius 3 is 2.55 bits per heavy atom. The number of anilines is 1. The van der Waals surface area contributed by atoms with Crippen molar-refractivity contribution in [2.45, 2.75) is 69.4 Å². The van der Waals surface area contributed by atoms with Gasteiger partial charge in [0, 0.05) is 35.7 Å². The summed E-state index contributed by atoms with van der Waals surface area (Å²) >= 11 is 5.98. The smallest absolute Gasteiger partial charge is 0.423 e. The number of carbonyl (C=O) groups is 2. The van der Waals surface area contributed by atoms with E-state index in [2.05, 4.69) is 10.8 Å². The summed E-state index contributed by atoms with van der Waals surface area (Å²) in [6.45, 7) is 0. The maximum absolute atomic E-state index is 13.2. The van der Waals surface area contributed by atoms with Gasteiger partial charge in [-0.3, -0.25) is 24.5 Å². The van der Waals surface area contributed by atoms with Gasteiger partial charge in [-0.05, 0) is 68.0 Å². The lowest BCUT2D eigenvalue weighted by molar-refractivity contribution is -0.388. The average molecular weight is 556 g/mol. The largest absolute Gasteiger partial charge is 0.490 e. The molecular weight excluding hydrogens is 531 g/mol. The van der Waals surface area contributed by atoms with Crippen LogP contribution in [0.4, 0.5) is 24.5 Å². The zero-order valence-corrected chi connectivity index (χ0v) is 20.8. The molecule has 0 bridgehead atoms. The van der Waals surface area contributed by atoms with Crippen molar-refractivity contribution in [2.24, 2.45) is 0 Å². The molecule has 38 heavy (non-hydrogen) atoms. The van der Waals surface area contributed by atoms with Crippen molar-refractivity contribution in [3.63, 3.8) is 0 Å². The molecule has 2 aliphatic rings. The number of rotatable bonds is 9. The number of halogens is 4. The number of ketones is 1. The molecular formula is C25H25ClF3N3O6. The third-order valence-corrected chi connectivity index (χ3v) is 6.81. The lowest BCUT2D eigenvalue weighted by Crippen LogP contribution is -2.38. The number of carbonyl (C=O) groups excluding carboxylic acids is 2. The highest BCUT2D eigenvalue weighted by Gasteiger charge is 2.38. The van der Waals surface area contributed by atoms with Crippen molar-refractivity contribution >= 4 is 34.7 Å². The predicted octanol–water partition coefficient (Wildman–Crippen LogP) is 5.39. The number of nitrogens with one attached hydrogen (secondary N) is 2. The van der Waals surface area contributed by atoms with Crippen LogP contribution in [0.1, 0.15) is 49.7 Å². The molecule has 2 N–H and O–H groups in total. The third kappa shape index (κ3) is 6.93. The second-order valence-electron chi connectivity index (χ2n) is 9.31. The SMILES string of the molecule is O=C(CCC1Cc2cc(Cl)ccc2O1)C(=O)NOC1CCC(Nc2ccc([N+](=O)[O-])c(C(F)(F)F)c2)CC1. The number of hydrogen-bond donors (Lipinski definition) is 2. The minimum Gasteiger partial charge on any atom is -0.490 e. The van der Waals surface area contributed by atoms with Crippen LogP contribution in [0.2, 0.25) is 5.02 Å². The van der Waals surface area contributed by atoms with Crippen LogP contribution in [0.3, 0.4) is 0 Å². The van der Waals surface area contributed by atoms with Gasteiger partial charge < -0.3 is 10.1 Å². The molecule has 1 aliphatic carbocycles. The Balaban J connectivity index is 1.18. The normalized spacial score (nSPS) is 20.8. The summed E-state index contributed by atoms with van der Waals surface area (Å²) < 4.78 is 45.4. The molecule has 1 fully saturated rings. The zero-order valence-electron chi connectivity index (χ0n) is 20.1. The first-order valence-corrected chi connectivity index (χ1v) is 12.4. The fourth-order valence-electron chi connectivity index (χ4n) is 4.62. The van der Waals surface area contributed by atoms with Gasteiger partial charge >= 0.3 is 12.1 Å². The molecule has 0 radical (unpaired) electrons. The molecule has 1 amide bonds. The second kappa shape index (κ2) is 11.6. The number of Topliss-reactive ketones (excluding diaryl/α,β-unsaturated/α-hetero) is 1. The zero-order chi connectivity index (χ0) is 27.4. The van der Waals surface area contributed by atoms with E-state index in [0.29, 0.717) is 43.5 Å². The van der Waals surface area contributed by atoms with Gasteiger partial charge in [0.1, 0.15) is 17.4 Å². The van der Waals surface area contributed by atoms with Crippen LogP contribution in [0.25, 0.3) is 0 Å². The number of nitro groups is 1. The molecule has 0 saturated heterocycles. The van der Waals surface area contributed by atoms with Crippen molar-refractivity contribution in [1.29, 1.82) is 0 Å². The van der Waals surface area contributed by atoms with E-state index in [1.807, 2.05) is 6.07 Å². The highest BCUT2D eigenvalue weighted by atomic mass is 35.5. The number of nitrogens with zero attached hydrogens (tertiary/aromatic N) is 1. The minimum atomic E-state index is -4.86. The van der Waals surface area contributed by atoms with E-state index in [-0.39, 0.29) is 30.4 Å². The summed E-state index contributed by atoms with van der Waals surface area (Å²) in [7, 11) is 0. The number of hydrogen-bond acceptors (Lipinski definition) is 7. The topological polar surface area (TPSA) is 120 Å². The van der Waals surface area contributed by atoms with Gasteiger partial charge in [0.15, 0.2) is 0 Å². The Morgan fingerprint density at radius 2 is 1.87 bits per heavy atom. The summed E-state index contributed by atoms with van der Waals surface area (Å²) in [4.78, 5) is 39.6. The van der Waals surface area contributed by atoms with Crippen LogP contribution in [-0.4, -0.2) is 34.9 Å². The van der Waals surface area contributed by atoms with E-state index in [9.17, 15) is 32.9 Å². The number of amides is 1. The van der Waals surface area contributed by atoms with Crippen molar-refractivity contribution in [3.8, 4) is 5.75 Å². The third-order valence-electron chi connectivity index (χ3n) is 6.57. The van der Waals surface area contributed by atoms with Gasteiger partial charge in [0.25, 0.3) is 5.69 Å². The van der Waals surface area contributed by atoms with E-state index >= 15 is 0 Å². The Kier molecular flexibility index (Phi) is 8.41. The number of ether oxygens (including phenoxy) is 1. The van der Waals surface area contributed by atoms with Gasteiger partial charge in [0.2, 0.25) is 5.78 Å².